The lowest BCUT2D eigenvalue weighted by Crippen LogP contribution is -2.05. The van der Waals surface area contributed by atoms with Crippen LogP contribution in [0.25, 0.3) is 10.9 Å². The van der Waals surface area contributed by atoms with Crippen LogP contribution in [-0.2, 0) is 4.74 Å². The molecule has 82 valence electrons. The number of esters is 1. The monoisotopic (exact) mass is 217 g/mol. The normalized spacial score (nSPS) is 10.1. The van der Waals surface area contributed by atoms with E-state index in [4.69, 9.17) is 9.47 Å². The molecule has 0 aliphatic rings. The highest BCUT2D eigenvalue weighted by atomic mass is 16.5. The number of nitrogens with zero attached hydrogens (tertiary/aromatic N) is 1. The number of hydrogen-bond donors (Lipinski definition) is 0. The maximum Gasteiger partial charge on any atom is 0.342 e. The van der Waals surface area contributed by atoms with Crippen molar-refractivity contribution in [2.75, 3.05) is 14.2 Å². The third kappa shape index (κ3) is 1.58. The lowest BCUT2D eigenvalue weighted by molar-refractivity contribution is 0.0599. The molecule has 0 bridgehead atoms. The number of aromatic nitrogens is 1. The molecule has 0 saturated heterocycles. The smallest absolute Gasteiger partial charge is 0.342 e. The number of carbonyl (C=O) groups is 1. The van der Waals surface area contributed by atoms with E-state index in [1.54, 1.807) is 0 Å². The Morgan fingerprint density at radius 1 is 1.25 bits per heavy atom. The predicted octanol–water partition coefficient (Wildman–Crippen LogP) is 2.03. The van der Waals surface area contributed by atoms with Crippen LogP contribution in [0.4, 0.5) is 0 Å². The van der Waals surface area contributed by atoms with Crippen LogP contribution in [0.2, 0.25) is 0 Å². The zero-order chi connectivity index (χ0) is 11.5. The summed E-state index contributed by atoms with van der Waals surface area (Å²) in [6, 6.07) is 7.36. The van der Waals surface area contributed by atoms with E-state index in [2.05, 4.69) is 4.98 Å². The zero-order valence-electron chi connectivity index (χ0n) is 9.06. The van der Waals surface area contributed by atoms with Crippen molar-refractivity contribution in [1.82, 2.24) is 4.98 Å². The van der Waals surface area contributed by atoms with Crippen molar-refractivity contribution in [3.05, 3.63) is 36.0 Å². The van der Waals surface area contributed by atoms with Crippen molar-refractivity contribution in [2.45, 2.75) is 0 Å². The SMILES string of the molecule is COC(=O)c1c(OC)cnc2ccccc12. The largest absolute Gasteiger partial charge is 0.494 e. The minimum absolute atomic E-state index is 0.413. The number of methoxy groups -OCH3 is 2. The standard InChI is InChI=1S/C12H11NO3/c1-15-10-7-13-9-6-4-3-5-8(9)11(10)12(14)16-2/h3-7H,1-2H3. The molecule has 0 atom stereocenters. The van der Waals surface area contributed by atoms with Gasteiger partial charge in [0.2, 0.25) is 0 Å². The van der Waals surface area contributed by atoms with Crippen LogP contribution in [-0.4, -0.2) is 25.2 Å². The van der Waals surface area contributed by atoms with E-state index < -0.39 is 5.97 Å². The van der Waals surface area contributed by atoms with Crippen molar-refractivity contribution < 1.29 is 14.3 Å². The molecule has 4 heteroatoms. The first-order valence-electron chi connectivity index (χ1n) is 4.78. The van der Waals surface area contributed by atoms with Gasteiger partial charge in [-0.25, -0.2) is 4.79 Å². The Balaban J connectivity index is 2.78. The van der Waals surface area contributed by atoms with Gasteiger partial charge >= 0.3 is 5.97 Å². The summed E-state index contributed by atoms with van der Waals surface area (Å²) in [7, 11) is 2.84. The van der Waals surface area contributed by atoms with Crippen LogP contribution >= 0.6 is 0 Å². The predicted molar refractivity (Wildman–Crippen MR) is 59.6 cm³/mol. The van der Waals surface area contributed by atoms with Gasteiger partial charge in [-0.15, -0.1) is 0 Å². The molecule has 0 aliphatic carbocycles. The van der Waals surface area contributed by atoms with Gasteiger partial charge in [0.05, 0.1) is 25.9 Å². The van der Waals surface area contributed by atoms with E-state index >= 15 is 0 Å². The van der Waals surface area contributed by atoms with Crippen molar-refractivity contribution in [3.63, 3.8) is 0 Å². The number of carbonyl (C=O) groups excluding carboxylic acids is 1. The molecule has 0 aliphatic heterocycles. The second-order valence-electron chi connectivity index (χ2n) is 3.21. The van der Waals surface area contributed by atoms with Crippen LogP contribution in [0.5, 0.6) is 5.75 Å². The molecule has 4 nitrogen and oxygen atoms in total. The van der Waals surface area contributed by atoms with Gasteiger partial charge in [-0.05, 0) is 6.07 Å². The average Bonchev–Trinajstić information content (AvgIpc) is 2.36. The Morgan fingerprint density at radius 2 is 2.00 bits per heavy atom. The lowest BCUT2D eigenvalue weighted by Gasteiger charge is -2.09. The van der Waals surface area contributed by atoms with Crippen LogP contribution < -0.4 is 4.74 Å². The first kappa shape index (κ1) is 10.4. The fourth-order valence-electron chi connectivity index (χ4n) is 1.59. The number of para-hydroxylation sites is 1. The van der Waals surface area contributed by atoms with E-state index in [1.807, 2.05) is 24.3 Å². The first-order valence-corrected chi connectivity index (χ1v) is 4.78. The number of benzene rings is 1. The van der Waals surface area contributed by atoms with Gasteiger partial charge in [0.15, 0.2) is 5.75 Å². The van der Waals surface area contributed by atoms with E-state index in [1.165, 1.54) is 20.4 Å². The Morgan fingerprint density at radius 3 is 2.69 bits per heavy atom. The number of pyridine rings is 1. The molecule has 0 N–H and O–H groups in total. The summed E-state index contributed by atoms with van der Waals surface area (Å²) in [5.74, 6) is 0.000926. The molecule has 0 saturated carbocycles. The molecule has 16 heavy (non-hydrogen) atoms. The van der Waals surface area contributed by atoms with Crippen molar-refractivity contribution in [3.8, 4) is 5.75 Å². The summed E-state index contributed by atoms with van der Waals surface area (Å²) in [5, 5.41) is 0.730. The third-order valence-electron chi connectivity index (χ3n) is 2.35. The molecule has 0 unspecified atom stereocenters. The van der Waals surface area contributed by atoms with Crippen LogP contribution in [0.15, 0.2) is 30.5 Å². The Bertz CT molecular complexity index is 537. The van der Waals surface area contributed by atoms with Gasteiger partial charge in [-0.3, -0.25) is 4.98 Å². The molecule has 2 aromatic rings. The summed E-state index contributed by atoms with van der Waals surface area (Å²) >= 11 is 0. The molecule has 0 spiro atoms. The Hall–Kier alpha value is -2.10. The highest BCUT2D eigenvalue weighted by Gasteiger charge is 2.17. The van der Waals surface area contributed by atoms with E-state index in [0.717, 1.165) is 10.9 Å². The van der Waals surface area contributed by atoms with Gasteiger partial charge in [0.25, 0.3) is 0 Å². The van der Waals surface area contributed by atoms with Gasteiger partial charge in [0, 0.05) is 5.39 Å². The van der Waals surface area contributed by atoms with Gasteiger partial charge < -0.3 is 9.47 Å². The average molecular weight is 217 g/mol. The summed E-state index contributed by atoms with van der Waals surface area (Å²) in [6.07, 6.45) is 1.52. The number of hydrogen-bond acceptors (Lipinski definition) is 4. The van der Waals surface area contributed by atoms with Crippen molar-refractivity contribution in [1.29, 1.82) is 0 Å². The molecular weight excluding hydrogens is 206 g/mol. The Kier molecular flexibility index (Phi) is 2.72. The molecule has 2 rings (SSSR count). The highest BCUT2D eigenvalue weighted by Crippen LogP contribution is 2.26. The molecule has 0 amide bonds. The second-order valence-corrected chi connectivity index (χ2v) is 3.21. The van der Waals surface area contributed by atoms with Crippen LogP contribution in [0.3, 0.4) is 0 Å². The molecule has 0 radical (unpaired) electrons. The van der Waals surface area contributed by atoms with Crippen LogP contribution in [0.1, 0.15) is 10.4 Å². The molecular formula is C12H11NO3. The maximum absolute atomic E-state index is 11.7. The van der Waals surface area contributed by atoms with E-state index in [9.17, 15) is 4.79 Å². The Labute approximate surface area is 92.8 Å². The van der Waals surface area contributed by atoms with Gasteiger partial charge in [-0.1, -0.05) is 18.2 Å². The molecule has 1 heterocycles. The summed E-state index contributed by atoms with van der Waals surface area (Å²) in [5.41, 5.74) is 1.15. The fourth-order valence-corrected chi connectivity index (χ4v) is 1.59. The molecule has 0 fully saturated rings. The fraction of sp³-hybridized carbons (Fsp3) is 0.167. The van der Waals surface area contributed by atoms with Crippen molar-refractivity contribution >= 4 is 16.9 Å². The quantitative estimate of drug-likeness (QED) is 0.722. The maximum atomic E-state index is 11.7. The van der Waals surface area contributed by atoms with Crippen LogP contribution in [0, 0.1) is 0 Å². The minimum atomic E-state index is -0.421. The third-order valence-corrected chi connectivity index (χ3v) is 2.35. The number of rotatable bonds is 2. The number of ether oxygens (including phenoxy) is 2. The topological polar surface area (TPSA) is 48.4 Å². The van der Waals surface area contributed by atoms with Gasteiger partial charge in [0.1, 0.15) is 5.56 Å². The second kappa shape index (κ2) is 4.18. The van der Waals surface area contributed by atoms with Crippen molar-refractivity contribution in [2.24, 2.45) is 0 Å². The summed E-state index contributed by atoms with van der Waals surface area (Å²) in [4.78, 5) is 15.9. The van der Waals surface area contributed by atoms with Gasteiger partial charge in [-0.2, -0.15) is 0 Å². The van der Waals surface area contributed by atoms with E-state index in [0.29, 0.717) is 11.3 Å². The lowest BCUT2D eigenvalue weighted by atomic mass is 10.1. The number of fused-ring (bicyclic) bond motifs is 1. The molecule has 1 aromatic carbocycles. The zero-order valence-corrected chi connectivity index (χ0v) is 9.06. The summed E-state index contributed by atoms with van der Waals surface area (Å²) < 4.78 is 9.85. The summed E-state index contributed by atoms with van der Waals surface area (Å²) in [6.45, 7) is 0. The highest BCUT2D eigenvalue weighted by molar-refractivity contribution is 6.05. The first-order chi connectivity index (χ1) is 7.77. The van der Waals surface area contributed by atoms with E-state index in [-0.39, 0.29) is 0 Å². The molecule has 1 aromatic heterocycles. The minimum Gasteiger partial charge on any atom is -0.494 e.